The number of hydrogen-bond donors (Lipinski definition) is 2. The summed E-state index contributed by atoms with van der Waals surface area (Å²) >= 11 is 0. The summed E-state index contributed by atoms with van der Waals surface area (Å²) in [4.78, 5) is 15.1. The minimum atomic E-state index is -0.817. The third-order valence-corrected chi connectivity index (χ3v) is 4.09. The van der Waals surface area contributed by atoms with Crippen LogP contribution in [-0.4, -0.2) is 78.0 Å². The normalized spacial score (nSPS) is 37.3. The maximum atomic E-state index is 11.2. The fraction of sp³-hybridized carbons (Fsp3) is 0.923. The van der Waals surface area contributed by atoms with Crippen LogP contribution < -0.4 is 5.32 Å². The minimum absolute atomic E-state index is 0.0507. The Kier molecular flexibility index (Phi) is 4.65. The molecule has 0 aromatic heterocycles. The molecule has 0 aliphatic carbocycles. The zero-order chi connectivity index (χ0) is 14.0. The van der Waals surface area contributed by atoms with Gasteiger partial charge in [0.15, 0.2) is 0 Å². The lowest BCUT2D eigenvalue weighted by atomic mass is 10.1. The van der Waals surface area contributed by atoms with Gasteiger partial charge >= 0.3 is 6.09 Å². The van der Waals surface area contributed by atoms with E-state index in [9.17, 15) is 9.90 Å². The Hall–Kier alpha value is -0.850. The van der Waals surface area contributed by atoms with Crippen molar-refractivity contribution in [3.05, 3.63) is 0 Å². The van der Waals surface area contributed by atoms with E-state index in [1.54, 1.807) is 0 Å². The first-order valence-electron chi connectivity index (χ1n) is 7.06. The summed E-state index contributed by atoms with van der Waals surface area (Å²) in [6.07, 6.45) is -0.559. The molecule has 0 aromatic rings. The number of morpholine rings is 1. The van der Waals surface area contributed by atoms with Crippen LogP contribution in [0.1, 0.15) is 20.8 Å². The van der Waals surface area contributed by atoms with E-state index in [2.05, 4.69) is 24.1 Å². The first-order chi connectivity index (χ1) is 8.97. The Balaban J connectivity index is 1.90. The monoisotopic (exact) mass is 271 g/mol. The molecule has 2 heterocycles. The average Bonchev–Trinajstić information content (AvgIpc) is 2.36. The number of carboxylic acid groups (broad SMARTS) is 1. The van der Waals surface area contributed by atoms with Crippen molar-refractivity contribution in [3.8, 4) is 0 Å². The third kappa shape index (κ3) is 3.58. The third-order valence-electron chi connectivity index (χ3n) is 4.09. The predicted octanol–water partition coefficient (Wildman–Crippen LogP) is 0.436. The molecule has 0 unspecified atom stereocenters. The molecular weight excluding hydrogens is 246 g/mol. The molecule has 2 saturated heterocycles. The van der Waals surface area contributed by atoms with Crippen LogP contribution in [0.15, 0.2) is 0 Å². The quantitative estimate of drug-likeness (QED) is 0.763. The molecule has 2 N–H and O–H groups in total. The second-order valence-electron chi connectivity index (χ2n) is 5.84. The summed E-state index contributed by atoms with van der Waals surface area (Å²) in [5, 5.41) is 12.6. The van der Waals surface area contributed by atoms with Crippen molar-refractivity contribution in [2.24, 2.45) is 0 Å². The van der Waals surface area contributed by atoms with E-state index >= 15 is 0 Å². The molecule has 0 bridgehead atoms. The molecule has 1 amide bonds. The summed E-state index contributed by atoms with van der Waals surface area (Å²) in [5.41, 5.74) is 0. The summed E-state index contributed by atoms with van der Waals surface area (Å²) in [7, 11) is 0. The lowest BCUT2D eigenvalue weighted by Crippen LogP contribution is -2.61. The molecule has 110 valence electrons. The summed E-state index contributed by atoms with van der Waals surface area (Å²) in [6.45, 7) is 10.0. The SMILES string of the molecule is C[C@@H]1CO[C@@H](C)CN1C[C@H]1CN(C(=O)O)[C@H](C)CN1. The van der Waals surface area contributed by atoms with Gasteiger partial charge in [-0.15, -0.1) is 0 Å². The topological polar surface area (TPSA) is 65.0 Å². The number of nitrogens with zero attached hydrogens (tertiary/aromatic N) is 2. The van der Waals surface area contributed by atoms with Gasteiger partial charge in [-0.05, 0) is 20.8 Å². The largest absolute Gasteiger partial charge is 0.465 e. The number of carbonyl (C=O) groups is 1. The lowest BCUT2D eigenvalue weighted by Gasteiger charge is -2.42. The van der Waals surface area contributed by atoms with Gasteiger partial charge in [-0.2, -0.15) is 0 Å². The number of ether oxygens (including phenoxy) is 1. The van der Waals surface area contributed by atoms with Gasteiger partial charge in [-0.25, -0.2) is 4.79 Å². The van der Waals surface area contributed by atoms with Crippen molar-refractivity contribution in [2.75, 3.05) is 32.8 Å². The van der Waals surface area contributed by atoms with Crippen LogP contribution in [0.4, 0.5) is 4.79 Å². The molecule has 2 rings (SSSR count). The van der Waals surface area contributed by atoms with Crippen LogP contribution in [0.25, 0.3) is 0 Å². The van der Waals surface area contributed by atoms with E-state index in [4.69, 9.17) is 4.74 Å². The first kappa shape index (κ1) is 14.6. The molecular formula is C13H25N3O3. The maximum absolute atomic E-state index is 11.2. The highest BCUT2D eigenvalue weighted by atomic mass is 16.5. The first-order valence-corrected chi connectivity index (χ1v) is 7.06. The highest BCUT2D eigenvalue weighted by Gasteiger charge is 2.31. The number of hydrogen-bond acceptors (Lipinski definition) is 4. The van der Waals surface area contributed by atoms with Crippen molar-refractivity contribution in [1.82, 2.24) is 15.1 Å². The van der Waals surface area contributed by atoms with Crippen LogP contribution in [-0.2, 0) is 4.74 Å². The van der Waals surface area contributed by atoms with Gasteiger partial charge in [0.1, 0.15) is 0 Å². The van der Waals surface area contributed by atoms with Crippen LogP contribution in [0.5, 0.6) is 0 Å². The van der Waals surface area contributed by atoms with Gasteiger partial charge in [0.2, 0.25) is 0 Å². The Labute approximate surface area is 114 Å². The molecule has 6 nitrogen and oxygen atoms in total. The molecule has 6 heteroatoms. The van der Waals surface area contributed by atoms with Crippen molar-refractivity contribution in [2.45, 2.75) is 45.0 Å². The highest BCUT2D eigenvalue weighted by Crippen LogP contribution is 2.14. The Morgan fingerprint density at radius 3 is 2.74 bits per heavy atom. The van der Waals surface area contributed by atoms with E-state index in [-0.39, 0.29) is 18.2 Å². The van der Waals surface area contributed by atoms with E-state index in [0.29, 0.717) is 12.6 Å². The van der Waals surface area contributed by atoms with Crippen LogP contribution >= 0.6 is 0 Å². The molecule has 19 heavy (non-hydrogen) atoms. The standard InChI is InChI=1S/C13H25N3O3/c1-9-4-14-12(7-16(9)13(17)18)6-15-5-11(3)19-8-10(15)2/h9-12,14H,4-8H2,1-3H3,(H,17,18)/t9-,10-,11+,12+/m1/s1. The smallest absolute Gasteiger partial charge is 0.407 e. The van der Waals surface area contributed by atoms with Gasteiger partial charge in [-0.1, -0.05) is 0 Å². The van der Waals surface area contributed by atoms with E-state index in [1.807, 2.05) is 6.92 Å². The number of amides is 1. The van der Waals surface area contributed by atoms with Crippen molar-refractivity contribution < 1.29 is 14.6 Å². The number of nitrogens with one attached hydrogen (secondary N) is 1. The molecule has 0 spiro atoms. The van der Waals surface area contributed by atoms with Crippen LogP contribution in [0, 0.1) is 0 Å². The van der Waals surface area contributed by atoms with E-state index < -0.39 is 6.09 Å². The van der Waals surface area contributed by atoms with E-state index in [1.165, 1.54) is 4.90 Å². The molecule has 2 aliphatic heterocycles. The molecule has 0 saturated carbocycles. The van der Waals surface area contributed by atoms with Crippen LogP contribution in [0.3, 0.4) is 0 Å². The average molecular weight is 271 g/mol. The number of rotatable bonds is 2. The fourth-order valence-corrected chi connectivity index (χ4v) is 2.83. The molecule has 2 aliphatic rings. The summed E-state index contributed by atoms with van der Waals surface area (Å²) in [5.74, 6) is 0. The van der Waals surface area contributed by atoms with Crippen molar-refractivity contribution in [1.29, 1.82) is 0 Å². The fourth-order valence-electron chi connectivity index (χ4n) is 2.83. The molecule has 0 aromatic carbocycles. The van der Waals surface area contributed by atoms with Gasteiger partial charge in [0.05, 0.1) is 12.7 Å². The molecule has 4 atom stereocenters. The summed E-state index contributed by atoms with van der Waals surface area (Å²) in [6, 6.07) is 0.658. The molecule has 0 radical (unpaired) electrons. The van der Waals surface area contributed by atoms with Crippen molar-refractivity contribution >= 4 is 6.09 Å². The maximum Gasteiger partial charge on any atom is 0.407 e. The van der Waals surface area contributed by atoms with Gasteiger partial charge < -0.3 is 20.1 Å². The summed E-state index contributed by atoms with van der Waals surface area (Å²) < 4.78 is 5.62. The lowest BCUT2D eigenvalue weighted by molar-refractivity contribution is -0.0544. The van der Waals surface area contributed by atoms with Gasteiger partial charge in [-0.3, -0.25) is 4.90 Å². The second-order valence-corrected chi connectivity index (χ2v) is 5.84. The molecule has 2 fully saturated rings. The predicted molar refractivity (Wildman–Crippen MR) is 72.4 cm³/mol. The highest BCUT2D eigenvalue weighted by molar-refractivity contribution is 5.65. The van der Waals surface area contributed by atoms with E-state index in [0.717, 1.165) is 26.2 Å². The Bertz CT molecular complexity index is 326. The second kappa shape index (κ2) is 6.07. The Morgan fingerprint density at radius 2 is 2.05 bits per heavy atom. The Morgan fingerprint density at radius 1 is 1.32 bits per heavy atom. The number of piperazine rings is 1. The van der Waals surface area contributed by atoms with Gasteiger partial charge in [0, 0.05) is 44.3 Å². The van der Waals surface area contributed by atoms with Crippen LogP contribution in [0.2, 0.25) is 0 Å². The van der Waals surface area contributed by atoms with Crippen molar-refractivity contribution in [3.63, 3.8) is 0 Å². The minimum Gasteiger partial charge on any atom is -0.465 e. The zero-order valence-electron chi connectivity index (χ0n) is 12.0. The zero-order valence-corrected chi connectivity index (χ0v) is 12.0. The van der Waals surface area contributed by atoms with Gasteiger partial charge in [0.25, 0.3) is 0 Å².